The van der Waals surface area contributed by atoms with E-state index in [4.69, 9.17) is 18.0 Å². The summed E-state index contributed by atoms with van der Waals surface area (Å²) >= 11 is 6.49. The molecule has 4 fully saturated rings. The molecule has 0 unspecified atom stereocenters. The molecule has 94 heavy (non-hydrogen) atoms. The summed E-state index contributed by atoms with van der Waals surface area (Å²) in [6.45, 7) is 12.9. The maximum absolute atomic E-state index is 15.3. The van der Waals surface area contributed by atoms with Crippen LogP contribution in [-0.2, 0) is 52.7 Å². The molecule has 1 heterocycles. The zero-order valence-corrected chi connectivity index (χ0v) is 59.4. The van der Waals surface area contributed by atoms with Crippen LogP contribution in [0.15, 0.2) is 0 Å². The Labute approximate surface area is 561 Å². The fraction of sp³-hybridized carbons (Fsp3) is 0.809. The van der Waals surface area contributed by atoms with Crippen LogP contribution in [0.3, 0.4) is 0 Å². The van der Waals surface area contributed by atoms with Crippen molar-refractivity contribution in [1.29, 1.82) is 0 Å². The lowest BCUT2D eigenvalue weighted by molar-refractivity contribution is -0.184. The summed E-state index contributed by atoms with van der Waals surface area (Å²) in [5.41, 5.74) is -1.54. The van der Waals surface area contributed by atoms with Gasteiger partial charge in [-0.3, -0.25) is 52.7 Å². The van der Waals surface area contributed by atoms with Crippen molar-refractivity contribution >= 4 is 76.6 Å². The summed E-state index contributed by atoms with van der Waals surface area (Å²) in [6, 6.07) is -8.14. The van der Waals surface area contributed by atoms with Gasteiger partial charge < -0.3 is 55.6 Å². The second-order valence-electron chi connectivity index (χ2n) is 28.8. The molecule has 4 aliphatic rings. The van der Waals surface area contributed by atoms with Crippen LogP contribution >= 0.6 is 11.6 Å². The Kier molecular flexibility index (Phi) is 30.9. The molecular formula is C68H111ClF3N11O11. The van der Waals surface area contributed by atoms with Crippen molar-refractivity contribution in [3.05, 3.63) is 0 Å². The van der Waals surface area contributed by atoms with Gasteiger partial charge in [0.25, 0.3) is 0 Å². The molecule has 0 radical (unpaired) electrons. The van der Waals surface area contributed by atoms with Crippen molar-refractivity contribution in [1.82, 2.24) is 55.6 Å². The molecule has 4 rings (SSSR count). The first-order valence-electron chi connectivity index (χ1n) is 34.0. The fourth-order valence-electron chi connectivity index (χ4n) is 13.9. The molecule has 26 heteroatoms. The van der Waals surface area contributed by atoms with E-state index in [0.717, 1.165) is 14.7 Å². The number of carbonyl (C=O) groups excluding carboxylic acids is 11. The molecule has 0 aromatic rings. The maximum Gasteiger partial charge on any atom is 0.391 e. The quantitative estimate of drug-likeness (QED) is 0.121. The van der Waals surface area contributed by atoms with Crippen molar-refractivity contribution in [3.8, 4) is 12.3 Å². The topological polar surface area (TPSA) is 259 Å². The number of carbonyl (C=O) groups is 11. The second-order valence-corrected chi connectivity index (χ2v) is 29.4. The van der Waals surface area contributed by atoms with Gasteiger partial charge in [0.2, 0.25) is 65.0 Å². The first-order valence-corrected chi connectivity index (χ1v) is 34.5. The minimum atomic E-state index is -4.36. The van der Waals surface area contributed by atoms with Gasteiger partial charge in [-0.05, 0) is 132 Å². The number of hydrogen-bond donors (Lipinski definition) is 4. The minimum Gasteiger partial charge on any atom is -0.350 e. The van der Waals surface area contributed by atoms with Gasteiger partial charge in [-0.1, -0.05) is 74.7 Å². The van der Waals surface area contributed by atoms with Gasteiger partial charge in [-0.2, -0.15) is 13.2 Å². The predicted octanol–water partition coefficient (Wildman–Crippen LogP) is 6.11. The number of rotatable bonds is 13. The molecule has 1 spiro atoms. The van der Waals surface area contributed by atoms with Crippen LogP contribution in [-0.4, -0.2) is 228 Å². The van der Waals surface area contributed by atoms with Crippen LogP contribution in [0.1, 0.15) is 184 Å². The van der Waals surface area contributed by atoms with E-state index < -0.39 is 156 Å². The Hall–Kier alpha value is -6.19. The third kappa shape index (κ3) is 22.4. The number of hydrogen-bond acceptors (Lipinski definition) is 11. The van der Waals surface area contributed by atoms with Crippen molar-refractivity contribution in [3.63, 3.8) is 0 Å². The summed E-state index contributed by atoms with van der Waals surface area (Å²) in [7, 11) is 9.91. The Morgan fingerprint density at radius 3 is 1.66 bits per heavy atom. The van der Waals surface area contributed by atoms with Crippen LogP contribution < -0.4 is 21.3 Å². The van der Waals surface area contributed by atoms with Crippen molar-refractivity contribution in [2.24, 2.45) is 41.4 Å². The van der Waals surface area contributed by atoms with Crippen LogP contribution in [0.4, 0.5) is 13.2 Å². The number of nitrogens with one attached hydrogen (secondary N) is 4. The number of terminal acetylenes is 1. The highest BCUT2D eigenvalue weighted by atomic mass is 35.5. The van der Waals surface area contributed by atoms with E-state index in [2.05, 4.69) is 27.2 Å². The number of nitrogens with zero attached hydrogens (tertiary/aromatic N) is 7. The lowest BCUT2D eigenvalue weighted by Gasteiger charge is -2.39. The van der Waals surface area contributed by atoms with Crippen LogP contribution in [0, 0.1) is 53.8 Å². The number of halogens is 4. The van der Waals surface area contributed by atoms with E-state index in [-0.39, 0.29) is 113 Å². The zero-order valence-electron chi connectivity index (χ0n) is 58.6. The van der Waals surface area contributed by atoms with E-state index in [1.165, 1.54) is 68.9 Å². The van der Waals surface area contributed by atoms with Gasteiger partial charge in [-0.15, -0.1) is 23.9 Å². The van der Waals surface area contributed by atoms with Gasteiger partial charge in [-0.25, -0.2) is 0 Å². The third-order valence-electron chi connectivity index (χ3n) is 20.0. The van der Waals surface area contributed by atoms with E-state index in [1.807, 2.05) is 34.6 Å². The third-order valence-corrected chi connectivity index (χ3v) is 20.5. The summed E-state index contributed by atoms with van der Waals surface area (Å²) < 4.78 is 41.4. The highest BCUT2D eigenvalue weighted by Gasteiger charge is 2.49. The lowest BCUT2D eigenvalue weighted by Crippen LogP contribution is -2.64. The van der Waals surface area contributed by atoms with Gasteiger partial charge in [0.05, 0.1) is 25.6 Å². The normalized spacial score (nSPS) is 29.1. The Bertz CT molecular complexity index is 2670. The van der Waals surface area contributed by atoms with Gasteiger partial charge >= 0.3 is 6.18 Å². The van der Waals surface area contributed by atoms with E-state index in [9.17, 15) is 51.5 Å². The molecule has 0 aromatic carbocycles. The summed E-state index contributed by atoms with van der Waals surface area (Å²) in [5.74, 6) is -7.61. The smallest absolute Gasteiger partial charge is 0.350 e. The second kappa shape index (κ2) is 36.2. The standard InChI is InChI=1S/C68H111ClF3N11O11/c1-17-21-49-37-55(85)83(16)59(43(7)8)62(90)75-58(44(9)18-2)65(93)79(12)39-56(86)77(10)40-57(87)80(13)53(36-46-24-29-48(69)30-25-46)64(92)78(11)38-54(84)74-50(31-26-45-22-27-47(28-23-45)68(70,71)72)63(91)81(14)52(35-42(5)6)61(89)76-67(32-19-20-33-67)66(94)82(15)51(34-41(3)4)60(88)73-49/h1,41-53,58-59H,18-40H2,2-16H3,(H,73,88)(H,74,84)(H,75,90)(H,76,89)/t44-,45?,46?,47?,48?,49+,50-,51-,52-,53-,58-,59-/m0/s1. The summed E-state index contributed by atoms with van der Waals surface area (Å²) in [4.78, 5) is 170. The Morgan fingerprint density at radius 2 is 1.13 bits per heavy atom. The predicted molar refractivity (Wildman–Crippen MR) is 352 cm³/mol. The van der Waals surface area contributed by atoms with E-state index >= 15 is 14.4 Å². The molecule has 1 saturated heterocycles. The van der Waals surface area contributed by atoms with Crippen LogP contribution in [0.5, 0.6) is 0 Å². The molecule has 3 aliphatic carbocycles. The van der Waals surface area contributed by atoms with Crippen molar-refractivity contribution in [2.75, 3.05) is 69.0 Å². The molecule has 0 aromatic heterocycles. The molecule has 4 N–H and O–H groups in total. The number of likely N-dealkylation sites (N-methyl/N-ethyl adjacent to an activating group) is 7. The first-order chi connectivity index (χ1) is 43.9. The molecule has 532 valence electrons. The lowest BCUT2D eigenvalue weighted by atomic mass is 9.79. The largest absolute Gasteiger partial charge is 0.391 e. The molecule has 1 aliphatic heterocycles. The average molecular weight is 1350 g/mol. The molecule has 0 bridgehead atoms. The van der Waals surface area contributed by atoms with Crippen molar-refractivity contribution < 1.29 is 65.9 Å². The summed E-state index contributed by atoms with van der Waals surface area (Å²) in [5, 5.41) is 11.6. The molecule has 8 atom stereocenters. The number of alkyl halides is 4. The summed E-state index contributed by atoms with van der Waals surface area (Å²) in [6.07, 6.45) is 6.43. The highest BCUT2D eigenvalue weighted by Crippen LogP contribution is 2.41. The van der Waals surface area contributed by atoms with Gasteiger partial charge in [0.1, 0.15) is 41.8 Å². The van der Waals surface area contributed by atoms with E-state index in [1.54, 1.807) is 20.8 Å². The maximum atomic E-state index is 15.3. The first kappa shape index (κ1) is 80.2. The molecular weight excluding hydrogens is 1240 g/mol. The molecule has 3 saturated carbocycles. The highest BCUT2D eigenvalue weighted by molar-refractivity contribution is 6.20. The Morgan fingerprint density at radius 1 is 0.585 bits per heavy atom. The number of amides is 11. The van der Waals surface area contributed by atoms with Crippen LogP contribution in [0.2, 0.25) is 0 Å². The molecule has 22 nitrogen and oxygen atoms in total. The monoisotopic (exact) mass is 1350 g/mol. The Balaban J connectivity index is 1.85. The van der Waals surface area contributed by atoms with Gasteiger partial charge in [0, 0.05) is 73.6 Å². The van der Waals surface area contributed by atoms with Crippen LogP contribution in [0.25, 0.3) is 0 Å². The zero-order chi connectivity index (χ0) is 70.9. The average Bonchev–Trinajstić information content (AvgIpc) is 1.42. The fourth-order valence-corrected chi connectivity index (χ4v) is 14.1. The minimum absolute atomic E-state index is 0.0315. The SMILES string of the molecule is C#CC[C@@H]1CC(=O)N(C)[C@@H](C(C)C)C(=O)N[C@@H]([C@@H](C)CC)C(=O)N(C)CC(=O)N(C)CC(=O)N(C)[C@@H](CC2CCC(Cl)CC2)C(=O)N(C)CC(=O)N[C@@H](CCC2CCC(C(F)(F)F)CC2)C(=O)N(C)[C@@H](CC(C)C)C(=O)NC2(CCCC2)C(=O)N(C)[C@@H](CC(C)C)C(=O)N1. The van der Waals surface area contributed by atoms with Gasteiger partial charge in [0.15, 0.2) is 0 Å². The molecule has 11 amide bonds. The van der Waals surface area contributed by atoms with E-state index in [0.29, 0.717) is 44.9 Å². The van der Waals surface area contributed by atoms with Crippen molar-refractivity contribution in [2.45, 2.75) is 243 Å².